The van der Waals surface area contributed by atoms with Crippen LogP contribution < -0.4 is 20.3 Å². The molecule has 1 aliphatic heterocycles. The van der Waals surface area contributed by atoms with E-state index in [-0.39, 0.29) is 18.3 Å². The third-order valence-electron chi connectivity index (χ3n) is 3.14. The first-order valence-corrected chi connectivity index (χ1v) is 6.43. The van der Waals surface area contributed by atoms with Crippen molar-refractivity contribution in [3.8, 4) is 11.5 Å². The second-order valence-electron chi connectivity index (χ2n) is 4.54. The van der Waals surface area contributed by atoms with Crippen molar-refractivity contribution in [2.75, 3.05) is 12.1 Å². The van der Waals surface area contributed by atoms with E-state index in [2.05, 4.69) is 5.32 Å². The maximum Gasteiger partial charge on any atom is 0.274 e. The molecular formula is C15H12N2O5. The molecular weight excluding hydrogens is 288 g/mol. The van der Waals surface area contributed by atoms with E-state index in [0.29, 0.717) is 22.7 Å². The molecule has 0 spiro atoms. The van der Waals surface area contributed by atoms with E-state index in [0.717, 1.165) is 0 Å². The van der Waals surface area contributed by atoms with Crippen molar-refractivity contribution in [1.29, 1.82) is 0 Å². The fourth-order valence-corrected chi connectivity index (χ4v) is 2.01. The summed E-state index contributed by atoms with van der Waals surface area (Å²) in [5, 5.41) is 11.2. The number of anilines is 1. The van der Waals surface area contributed by atoms with Crippen molar-refractivity contribution in [1.82, 2.24) is 5.48 Å². The number of ether oxygens (including phenoxy) is 2. The number of carbonyl (C=O) groups excluding carboxylic acids is 2. The summed E-state index contributed by atoms with van der Waals surface area (Å²) in [5.74, 6) is 0.213. The molecule has 0 saturated heterocycles. The highest BCUT2D eigenvalue weighted by atomic mass is 16.7. The minimum Gasteiger partial charge on any atom is -0.454 e. The molecule has 1 heterocycles. The molecule has 3 rings (SSSR count). The number of carbonyl (C=O) groups is 2. The maximum atomic E-state index is 12.2. The van der Waals surface area contributed by atoms with Gasteiger partial charge >= 0.3 is 0 Å². The van der Waals surface area contributed by atoms with Crippen LogP contribution in [-0.2, 0) is 0 Å². The molecule has 0 bridgehead atoms. The van der Waals surface area contributed by atoms with E-state index in [1.165, 1.54) is 17.6 Å². The summed E-state index contributed by atoms with van der Waals surface area (Å²) in [6, 6.07) is 11.0. The number of hydrogen-bond acceptors (Lipinski definition) is 5. The summed E-state index contributed by atoms with van der Waals surface area (Å²) in [6.07, 6.45) is 0. The monoisotopic (exact) mass is 300 g/mol. The Kier molecular flexibility index (Phi) is 3.63. The summed E-state index contributed by atoms with van der Waals surface area (Å²) >= 11 is 0. The van der Waals surface area contributed by atoms with Crippen LogP contribution in [0.2, 0.25) is 0 Å². The molecule has 0 atom stereocenters. The number of benzene rings is 2. The quantitative estimate of drug-likeness (QED) is 0.593. The van der Waals surface area contributed by atoms with Crippen LogP contribution in [0, 0.1) is 0 Å². The van der Waals surface area contributed by atoms with E-state index < -0.39 is 5.91 Å². The number of amides is 2. The van der Waals surface area contributed by atoms with Crippen LogP contribution in [0.4, 0.5) is 5.69 Å². The van der Waals surface area contributed by atoms with Crippen molar-refractivity contribution in [3.63, 3.8) is 0 Å². The summed E-state index contributed by atoms with van der Waals surface area (Å²) < 4.78 is 10.4. The van der Waals surface area contributed by atoms with Crippen LogP contribution in [0.3, 0.4) is 0 Å². The van der Waals surface area contributed by atoms with Crippen LogP contribution in [0.25, 0.3) is 0 Å². The van der Waals surface area contributed by atoms with Gasteiger partial charge in [0.25, 0.3) is 11.8 Å². The first kappa shape index (κ1) is 13.9. The summed E-state index contributed by atoms with van der Waals surface area (Å²) in [7, 11) is 0. The summed E-state index contributed by atoms with van der Waals surface area (Å²) in [6.45, 7) is 0.148. The highest BCUT2D eigenvalue weighted by Gasteiger charge is 2.16. The molecule has 7 heteroatoms. The van der Waals surface area contributed by atoms with Crippen molar-refractivity contribution in [2.24, 2.45) is 0 Å². The second kappa shape index (κ2) is 5.74. The highest BCUT2D eigenvalue weighted by molar-refractivity contribution is 6.05. The van der Waals surface area contributed by atoms with Crippen molar-refractivity contribution < 1.29 is 24.3 Å². The number of fused-ring (bicyclic) bond motifs is 1. The van der Waals surface area contributed by atoms with E-state index in [4.69, 9.17) is 14.7 Å². The van der Waals surface area contributed by atoms with Gasteiger partial charge in [-0.25, -0.2) is 5.48 Å². The minimum absolute atomic E-state index is 0.148. The Morgan fingerprint density at radius 3 is 2.32 bits per heavy atom. The highest BCUT2D eigenvalue weighted by Crippen LogP contribution is 2.32. The van der Waals surface area contributed by atoms with Gasteiger partial charge in [0, 0.05) is 16.8 Å². The van der Waals surface area contributed by atoms with Gasteiger partial charge in [0.05, 0.1) is 0 Å². The standard InChI is InChI=1S/C15H12N2O5/c18-14(10-3-6-12-13(7-10)22-8-21-12)16-11-4-1-9(2-5-11)15(19)17-20/h1-7,20H,8H2,(H,16,18)(H,17,19). The zero-order valence-corrected chi connectivity index (χ0v) is 11.3. The van der Waals surface area contributed by atoms with Crippen LogP contribution in [0.5, 0.6) is 11.5 Å². The third kappa shape index (κ3) is 2.70. The maximum absolute atomic E-state index is 12.2. The number of rotatable bonds is 3. The molecule has 112 valence electrons. The molecule has 1 aliphatic rings. The minimum atomic E-state index is -0.617. The molecule has 2 aromatic carbocycles. The summed E-state index contributed by atoms with van der Waals surface area (Å²) in [4.78, 5) is 23.4. The zero-order valence-electron chi connectivity index (χ0n) is 11.3. The van der Waals surface area contributed by atoms with E-state index >= 15 is 0 Å². The Bertz CT molecular complexity index is 727. The van der Waals surface area contributed by atoms with Gasteiger partial charge in [0.15, 0.2) is 11.5 Å². The fraction of sp³-hybridized carbons (Fsp3) is 0.0667. The Morgan fingerprint density at radius 1 is 0.909 bits per heavy atom. The van der Waals surface area contributed by atoms with Gasteiger partial charge in [-0.3, -0.25) is 14.8 Å². The Morgan fingerprint density at radius 2 is 1.59 bits per heavy atom. The smallest absolute Gasteiger partial charge is 0.274 e. The average Bonchev–Trinajstić information content (AvgIpc) is 3.02. The molecule has 3 N–H and O–H groups in total. The van der Waals surface area contributed by atoms with Crippen molar-refractivity contribution in [2.45, 2.75) is 0 Å². The Hall–Kier alpha value is -3.06. The normalized spacial score (nSPS) is 11.9. The SMILES string of the molecule is O=C(NO)c1ccc(NC(=O)c2ccc3c(c2)OCO3)cc1. The summed E-state index contributed by atoms with van der Waals surface area (Å²) in [5.41, 5.74) is 2.78. The number of hydrogen-bond donors (Lipinski definition) is 3. The molecule has 0 fully saturated rings. The van der Waals surface area contributed by atoms with Gasteiger partial charge in [0.1, 0.15) is 0 Å². The van der Waals surface area contributed by atoms with Gasteiger partial charge in [-0.1, -0.05) is 0 Å². The largest absolute Gasteiger partial charge is 0.454 e. The van der Waals surface area contributed by atoms with Crippen molar-refractivity contribution >= 4 is 17.5 Å². The molecule has 0 saturated carbocycles. The zero-order chi connectivity index (χ0) is 15.5. The fourth-order valence-electron chi connectivity index (χ4n) is 2.01. The van der Waals surface area contributed by atoms with Gasteiger partial charge in [-0.2, -0.15) is 0 Å². The topological polar surface area (TPSA) is 96.9 Å². The molecule has 0 unspecified atom stereocenters. The Labute approximate surface area is 125 Å². The molecule has 2 amide bonds. The lowest BCUT2D eigenvalue weighted by atomic mass is 10.1. The number of hydroxylamine groups is 1. The Balaban J connectivity index is 1.72. The molecule has 0 aliphatic carbocycles. The number of nitrogens with one attached hydrogen (secondary N) is 2. The van der Waals surface area contributed by atoms with E-state index in [9.17, 15) is 9.59 Å². The predicted octanol–water partition coefficient (Wildman–Crippen LogP) is 1.79. The van der Waals surface area contributed by atoms with Crippen molar-refractivity contribution in [3.05, 3.63) is 53.6 Å². The third-order valence-corrected chi connectivity index (χ3v) is 3.14. The first-order chi connectivity index (χ1) is 10.7. The second-order valence-corrected chi connectivity index (χ2v) is 4.54. The molecule has 0 aromatic heterocycles. The van der Waals surface area contributed by atoms with Crippen LogP contribution in [0.1, 0.15) is 20.7 Å². The van der Waals surface area contributed by atoms with E-state index in [1.54, 1.807) is 30.3 Å². The molecule has 22 heavy (non-hydrogen) atoms. The van der Waals surface area contributed by atoms with Gasteiger partial charge in [0.2, 0.25) is 6.79 Å². The van der Waals surface area contributed by atoms with Crippen LogP contribution in [0.15, 0.2) is 42.5 Å². The molecule has 0 radical (unpaired) electrons. The van der Waals surface area contributed by atoms with Crippen LogP contribution >= 0.6 is 0 Å². The van der Waals surface area contributed by atoms with Gasteiger partial charge in [-0.15, -0.1) is 0 Å². The van der Waals surface area contributed by atoms with Gasteiger partial charge < -0.3 is 14.8 Å². The van der Waals surface area contributed by atoms with E-state index in [1.807, 2.05) is 0 Å². The average molecular weight is 300 g/mol. The lowest BCUT2D eigenvalue weighted by Crippen LogP contribution is -2.18. The van der Waals surface area contributed by atoms with Gasteiger partial charge in [-0.05, 0) is 42.5 Å². The molecule has 7 nitrogen and oxygen atoms in total. The predicted molar refractivity (Wildman–Crippen MR) is 76.2 cm³/mol. The lowest BCUT2D eigenvalue weighted by Gasteiger charge is -2.07. The molecule has 2 aromatic rings. The first-order valence-electron chi connectivity index (χ1n) is 6.43. The lowest BCUT2D eigenvalue weighted by molar-refractivity contribution is 0.0706. The van der Waals surface area contributed by atoms with Crippen LogP contribution in [-0.4, -0.2) is 23.8 Å².